The summed E-state index contributed by atoms with van der Waals surface area (Å²) in [5.41, 5.74) is 5.77. The Morgan fingerprint density at radius 3 is 2.90 bits per heavy atom. The lowest BCUT2D eigenvalue weighted by atomic mass is 10.1. The molecule has 0 bridgehead atoms. The van der Waals surface area contributed by atoms with E-state index in [9.17, 15) is 8.78 Å². The van der Waals surface area contributed by atoms with E-state index in [2.05, 4.69) is 21.0 Å². The van der Waals surface area contributed by atoms with Crippen molar-refractivity contribution in [1.82, 2.24) is 9.78 Å². The summed E-state index contributed by atoms with van der Waals surface area (Å²) in [5, 5.41) is 4.16. The molecule has 1 aromatic carbocycles. The molecule has 3 rings (SSSR count). The first-order chi connectivity index (χ1) is 10.1. The maximum absolute atomic E-state index is 14.2. The summed E-state index contributed by atoms with van der Waals surface area (Å²) in [6.07, 6.45) is 5.78. The van der Waals surface area contributed by atoms with Gasteiger partial charge in [-0.25, -0.2) is 13.5 Å². The number of hydrogen-bond donors (Lipinski definition) is 1. The number of nitrogen functional groups attached to an aromatic ring is 1. The second-order valence-electron chi connectivity index (χ2n) is 4.98. The van der Waals surface area contributed by atoms with Crippen molar-refractivity contribution < 1.29 is 13.5 Å². The van der Waals surface area contributed by atoms with Crippen molar-refractivity contribution in [2.24, 2.45) is 0 Å². The van der Waals surface area contributed by atoms with E-state index < -0.39 is 11.6 Å². The first-order valence-corrected chi connectivity index (χ1v) is 7.46. The van der Waals surface area contributed by atoms with Gasteiger partial charge in [-0.05, 0) is 41.3 Å². The molecule has 0 spiro atoms. The summed E-state index contributed by atoms with van der Waals surface area (Å²) in [7, 11) is 0. The normalized spacial score (nSPS) is 18.9. The lowest BCUT2D eigenvalue weighted by Gasteiger charge is -2.22. The molecule has 112 valence electrons. The number of aromatic nitrogens is 2. The van der Waals surface area contributed by atoms with E-state index in [0.717, 1.165) is 25.3 Å². The van der Waals surface area contributed by atoms with E-state index >= 15 is 0 Å². The highest BCUT2D eigenvalue weighted by atomic mass is 79.9. The number of anilines is 1. The lowest BCUT2D eigenvalue weighted by Crippen LogP contribution is -2.18. The average Bonchev–Trinajstić information content (AvgIpc) is 2.95. The van der Waals surface area contributed by atoms with Crippen LogP contribution in [0.3, 0.4) is 0 Å². The molecule has 0 radical (unpaired) electrons. The number of nitrogens with zero attached hydrogens (tertiary/aromatic N) is 2. The maximum atomic E-state index is 14.2. The molecule has 4 nitrogen and oxygen atoms in total. The van der Waals surface area contributed by atoms with Gasteiger partial charge in [0.2, 0.25) is 0 Å². The van der Waals surface area contributed by atoms with Crippen molar-refractivity contribution in [2.75, 3.05) is 12.3 Å². The quantitative estimate of drug-likeness (QED) is 0.655. The minimum Gasteiger partial charge on any atom is -0.398 e. The van der Waals surface area contributed by atoms with Gasteiger partial charge in [0, 0.05) is 18.4 Å². The van der Waals surface area contributed by atoms with Gasteiger partial charge in [-0.2, -0.15) is 5.10 Å². The molecule has 2 heterocycles. The molecule has 1 atom stereocenters. The fraction of sp³-hybridized carbons (Fsp3) is 0.357. The van der Waals surface area contributed by atoms with Crippen LogP contribution in [-0.2, 0) is 4.74 Å². The Kier molecular flexibility index (Phi) is 3.95. The molecular formula is C14H14BrF2N3O. The Morgan fingerprint density at radius 2 is 2.19 bits per heavy atom. The highest BCUT2D eigenvalue weighted by molar-refractivity contribution is 9.10. The topological polar surface area (TPSA) is 53.1 Å². The molecule has 0 aliphatic carbocycles. The fourth-order valence-corrected chi connectivity index (χ4v) is 2.75. The smallest absolute Gasteiger partial charge is 0.150 e. The third-order valence-corrected chi connectivity index (χ3v) is 4.33. The van der Waals surface area contributed by atoms with Crippen LogP contribution in [0.2, 0.25) is 0 Å². The minimum atomic E-state index is -0.725. The van der Waals surface area contributed by atoms with Gasteiger partial charge in [-0.15, -0.1) is 0 Å². The molecule has 1 aromatic heterocycles. The van der Waals surface area contributed by atoms with E-state index in [1.54, 1.807) is 10.9 Å². The molecule has 1 aliphatic rings. The van der Waals surface area contributed by atoms with Crippen LogP contribution in [0, 0.1) is 11.6 Å². The SMILES string of the molecule is Nc1cc(F)c(-c2cnn(C3CCCCO3)c2)c(F)c1Br. The average molecular weight is 358 g/mol. The Hall–Kier alpha value is -1.47. The number of rotatable bonds is 2. The first kappa shape index (κ1) is 14.5. The molecule has 2 aromatic rings. The summed E-state index contributed by atoms with van der Waals surface area (Å²) >= 11 is 3.03. The molecule has 7 heteroatoms. The second-order valence-corrected chi connectivity index (χ2v) is 5.77. The van der Waals surface area contributed by atoms with Crippen LogP contribution in [0.5, 0.6) is 0 Å². The Balaban J connectivity index is 1.98. The maximum Gasteiger partial charge on any atom is 0.150 e. The van der Waals surface area contributed by atoms with E-state index in [4.69, 9.17) is 10.5 Å². The first-order valence-electron chi connectivity index (χ1n) is 6.67. The van der Waals surface area contributed by atoms with Gasteiger partial charge >= 0.3 is 0 Å². The Bertz CT molecular complexity index is 668. The highest BCUT2D eigenvalue weighted by Gasteiger charge is 2.21. The number of nitrogens with two attached hydrogens (primary N) is 1. The van der Waals surface area contributed by atoms with Crippen LogP contribution >= 0.6 is 15.9 Å². The van der Waals surface area contributed by atoms with Crippen LogP contribution in [0.4, 0.5) is 14.5 Å². The predicted molar refractivity (Wildman–Crippen MR) is 78.5 cm³/mol. The second kappa shape index (κ2) is 5.73. The van der Waals surface area contributed by atoms with E-state index in [1.165, 1.54) is 6.20 Å². The molecule has 1 saturated heterocycles. The largest absolute Gasteiger partial charge is 0.398 e. The molecule has 0 amide bonds. The van der Waals surface area contributed by atoms with Crippen molar-refractivity contribution in [2.45, 2.75) is 25.5 Å². The molecule has 0 saturated carbocycles. The summed E-state index contributed by atoms with van der Waals surface area (Å²) in [6, 6.07) is 1.09. The molecule has 1 fully saturated rings. The number of hydrogen-bond acceptors (Lipinski definition) is 3. The molecule has 1 aliphatic heterocycles. The number of ether oxygens (including phenoxy) is 1. The zero-order valence-corrected chi connectivity index (χ0v) is 12.7. The minimum absolute atomic E-state index is 0.0248. The van der Waals surface area contributed by atoms with E-state index in [-0.39, 0.29) is 22.0 Å². The van der Waals surface area contributed by atoms with E-state index in [0.29, 0.717) is 12.2 Å². The van der Waals surface area contributed by atoms with Gasteiger partial charge in [-0.1, -0.05) is 0 Å². The summed E-state index contributed by atoms with van der Waals surface area (Å²) < 4.78 is 35.5. The third kappa shape index (κ3) is 2.67. The molecule has 21 heavy (non-hydrogen) atoms. The fourth-order valence-electron chi connectivity index (χ4n) is 2.43. The van der Waals surface area contributed by atoms with Gasteiger partial charge < -0.3 is 10.5 Å². The Morgan fingerprint density at radius 1 is 1.38 bits per heavy atom. The molecule has 2 N–H and O–H groups in total. The molecule has 1 unspecified atom stereocenters. The van der Waals surface area contributed by atoms with Crippen LogP contribution in [0.25, 0.3) is 11.1 Å². The van der Waals surface area contributed by atoms with Crippen LogP contribution in [0.1, 0.15) is 25.5 Å². The Labute approximate surface area is 129 Å². The zero-order chi connectivity index (χ0) is 15.0. The molecular weight excluding hydrogens is 344 g/mol. The van der Waals surface area contributed by atoms with Gasteiger partial charge in [0.05, 0.1) is 21.9 Å². The van der Waals surface area contributed by atoms with Gasteiger partial charge in [0.1, 0.15) is 17.9 Å². The van der Waals surface area contributed by atoms with Crippen LogP contribution in [-0.4, -0.2) is 16.4 Å². The van der Waals surface area contributed by atoms with Gasteiger partial charge in [0.15, 0.2) is 0 Å². The lowest BCUT2D eigenvalue weighted by molar-refractivity contribution is -0.0394. The third-order valence-electron chi connectivity index (χ3n) is 3.53. The summed E-state index contributed by atoms with van der Waals surface area (Å²) in [5.74, 6) is -1.44. The summed E-state index contributed by atoms with van der Waals surface area (Å²) in [6.45, 7) is 0.677. The summed E-state index contributed by atoms with van der Waals surface area (Å²) in [4.78, 5) is 0. The van der Waals surface area contributed by atoms with Crippen molar-refractivity contribution >= 4 is 21.6 Å². The van der Waals surface area contributed by atoms with Crippen molar-refractivity contribution in [1.29, 1.82) is 0 Å². The van der Waals surface area contributed by atoms with Crippen LogP contribution in [0.15, 0.2) is 22.9 Å². The number of halogens is 3. The standard InChI is InChI=1S/C14H14BrF2N3O/c15-13-10(18)5-9(16)12(14(13)17)8-6-19-20(7-8)11-3-1-2-4-21-11/h5-7,11H,1-4,18H2. The van der Waals surface area contributed by atoms with Crippen LogP contribution < -0.4 is 5.73 Å². The van der Waals surface area contributed by atoms with Gasteiger partial charge in [-0.3, -0.25) is 0 Å². The van der Waals surface area contributed by atoms with Crippen molar-refractivity contribution in [3.63, 3.8) is 0 Å². The van der Waals surface area contributed by atoms with Gasteiger partial charge in [0.25, 0.3) is 0 Å². The van der Waals surface area contributed by atoms with Crippen molar-refractivity contribution in [3.05, 3.63) is 34.6 Å². The highest BCUT2D eigenvalue weighted by Crippen LogP contribution is 2.35. The predicted octanol–water partition coefficient (Wildman–Crippen LogP) is 3.87. The monoisotopic (exact) mass is 357 g/mol. The number of benzene rings is 1. The zero-order valence-electron chi connectivity index (χ0n) is 11.2. The van der Waals surface area contributed by atoms with Crippen molar-refractivity contribution in [3.8, 4) is 11.1 Å². The van der Waals surface area contributed by atoms with E-state index in [1.807, 2.05) is 0 Å².